The Morgan fingerprint density at radius 2 is 1.24 bits per heavy atom. The quantitative estimate of drug-likeness (QED) is 0.253. The predicted molar refractivity (Wildman–Crippen MR) is 147 cm³/mol. The molecule has 1 heterocycles. The Bertz CT molecular complexity index is 1320. The van der Waals surface area contributed by atoms with Gasteiger partial charge in [0.25, 0.3) is 0 Å². The molecule has 0 amide bonds. The van der Waals surface area contributed by atoms with E-state index < -0.39 is 21.0 Å². The summed E-state index contributed by atoms with van der Waals surface area (Å²) in [7, 11) is -6.11. The zero-order valence-corrected chi connectivity index (χ0v) is 23.5. The summed E-state index contributed by atoms with van der Waals surface area (Å²) in [5, 5.41) is 0. The van der Waals surface area contributed by atoms with E-state index in [1.165, 1.54) is 0 Å². The van der Waals surface area contributed by atoms with Crippen molar-refractivity contribution in [3.8, 4) is 5.75 Å². The molecule has 0 aromatic heterocycles. The maximum Gasteiger partial charge on any atom is 0.148 e. The van der Waals surface area contributed by atoms with Gasteiger partial charge in [0.15, 0.2) is 0 Å². The lowest BCUT2D eigenvalue weighted by molar-refractivity contribution is -1.91. The summed E-state index contributed by atoms with van der Waals surface area (Å²) in [6.45, 7) is 6.95. The second-order valence-electron chi connectivity index (χ2n) is 9.01. The van der Waals surface area contributed by atoms with Crippen LogP contribution < -0.4 is 18.7 Å². The SMILES string of the molecule is CCCCOc1ccc(C2=CC(c3ccc(CC)cc3)=S(O[Cl+3]([O-])([O-])[O-])C(c3ccc(CC)cc3)=C2)cc1. The van der Waals surface area contributed by atoms with Gasteiger partial charge in [-0.05, 0) is 76.9 Å². The number of hydrogen-bond acceptors (Lipinski definition) is 5. The first-order valence-electron chi connectivity index (χ1n) is 12.9. The van der Waals surface area contributed by atoms with Crippen molar-refractivity contribution in [3.05, 3.63) is 113 Å². The fraction of sp³-hybridized carbons (Fsp3) is 0.258. The Hall–Kier alpha value is -2.71. The van der Waals surface area contributed by atoms with Crippen LogP contribution in [0.2, 0.25) is 0 Å². The highest BCUT2D eigenvalue weighted by atomic mass is 35.7. The Kier molecular flexibility index (Phi) is 9.60. The van der Waals surface area contributed by atoms with Crippen molar-refractivity contribution >= 4 is 26.1 Å². The summed E-state index contributed by atoms with van der Waals surface area (Å²) < 4.78 is 46.7. The third kappa shape index (κ3) is 7.23. The standard InChI is InChI=1S/C31H33ClO5S/c1-4-7-20-36-29-18-16-25(17-19-29)28-21-30(26-12-8-23(5-2)9-13-26)38(37-32(33,34)35)31(22-28)27-14-10-24(6-3)11-15-27/h8-19,21-22H,4-7,20H2,1-3H3. The molecule has 3 aromatic carbocycles. The first kappa shape index (κ1) is 28.3. The van der Waals surface area contributed by atoms with Crippen LogP contribution >= 0.6 is 10.8 Å². The van der Waals surface area contributed by atoms with Crippen LogP contribution in [0.4, 0.5) is 0 Å². The molecule has 1 aliphatic rings. The molecule has 0 saturated heterocycles. The normalized spacial score (nSPS) is 15.7. The molecule has 0 saturated carbocycles. The van der Waals surface area contributed by atoms with E-state index in [2.05, 4.69) is 20.8 Å². The second-order valence-corrected chi connectivity index (χ2v) is 11.7. The Balaban J connectivity index is 1.85. The van der Waals surface area contributed by atoms with E-state index in [1.807, 2.05) is 84.9 Å². The predicted octanol–water partition coefficient (Wildman–Crippen LogP) is 4.75. The summed E-state index contributed by atoms with van der Waals surface area (Å²) in [6, 6.07) is 23.7. The molecule has 0 N–H and O–H groups in total. The van der Waals surface area contributed by atoms with Gasteiger partial charge in [-0.25, -0.2) is 0 Å². The number of unbranched alkanes of at least 4 members (excludes halogenated alkanes) is 1. The Labute approximate surface area is 229 Å². The molecule has 0 radical (unpaired) electrons. The van der Waals surface area contributed by atoms with Crippen molar-refractivity contribution in [2.45, 2.75) is 46.5 Å². The average molecular weight is 553 g/mol. The maximum absolute atomic E-state index is 11.9. The van der Waals surface area contributed by atoms with Crippen LogP contribution in [0.5, 0.6) is 5.75 Å². The highest BCUT2D eigenvalue weighted by molar-refractivity contribution is 8.20. The highest BCUT2D eigenvalue weighted by Gasteiger charge is 2.32. The van der Waals surface area contributed by atoms with Crippen molar-refractivity contribution in [2.24, 2.45) is 0 Å². The van der Waals surface area contributed by atoms with Gasteiger partial charge in [0.1, 0.15) is 20.3 Å². The molecule has 4 rings (SSSR count). The topological polar surface area (TPSA) is 87.6 Å². The average Bonchev–Trinajstić information content (AvgIpc) is 2.93. The molecule has 0 spiro atoms. The largest absolute Gasteiger partial charge is 0.494 e. The van der Waals surface area contributed by atoms with Gasteiger partial charge in [0, 0.05) is 0 Å². The monoisotopic (exact) mass is 552 g/mol. The van der Waals surface area contributed by atoms with E-state index in [0.29, 0.717) is 16.4 Å². The lowest BCUT2D eigenvalue weighted by atomic mass is 9.99. The molecule has 3 aromatic rings. The van der Waals surface area contributed by atoms with Crippen molar-refractivity contribution in [2.75, 3.05) is 6.61 Å². The molecule has 1 aliphatic heterocycles. The molecule has 38 heavy (non-hydrogen) atoms. The molecule has 0 bridgehead atoms. The van der Waals surface area contributed by atoms with Gasteiger partial charge in [0.05, 0.1) is 26.6 Å². The van der Waals surface area contributed by atoms with E-state index in [4.69, 9.17) is 8.47 Å². The first-order chi connectivity index (χ1) is 18.3. The van der Waals surface area contributed by atoms with Crippen LogP contribution in [0.25, 0.3) is 10.5 Å². The Morgan fingerprint density at radius 1 is 0.684 bits per heavy atom. The van der Waals surface area contributed by atoms with Gasteiger partial charge < -0.3 is 4.74 Å². The summed E-state index contributed by atoms with van der Waals surface area (Å²) in [5.41, 5.74) is 5.77. The minimum absolute atomic E-state index is 0.634. The fourth-order valence-electron chi connectivity index (χ4n) is 4.13. The van der Waals surface area contributed by atoms with E-state index in [-0.39, 0.29) is 0 Å². The number of aryl methyl sites for hydroxylation is 2. The molecular formula is C31H33ClO5S. The van der Waals surface area contributed by atoms with E-state index in [9.17, 15) is 14.0 Å². The number of halogens is 1. The summed E-state index contributed by atoms with van der Waals surface area (Å²) in [4.78, 5) is 1.27. The van der Waals surface area contributed by atoms with Gasteiger partial charge in [0.2, 0.25) is 0 Å². The molecule has 200 valence electrons. The molecule has 7 heteroatoms. The van der Waals surface area contributed by atoms with Gasteiger partial charge in [-0.3, -0.25) is 0 Å². The number of rotatable bonds is 11. The number of allylic oxidation sites excluding steroid dienone is 3. The number of ether oxygens (including phenoxy) is 1. The minimum Gasteiger partial charge on any atom is -0.494 e. The molecule has 0 fully saturated rings. The third-order valence-electron chi connectivity index (χ3n) is 6.36. The fourth-order valence-corrected chi connectivity index (χ4v) is 6.69. The van der Waals surface area contributed by atoms with Crippen LogP contribution in [0.3, 0.4) is 0 Å². The van der Waals surface area contributed by atoms with Crippen LogP contribution in [-0.2, 0) is 16.6 Å². The van der Waals surface area contributed by atoms with Gasteiger partial charge in [-0.15, -0.1) is 0 Å². The van der Waals surface area contributed by atoms with Crippen molar-refractivity contribution in [3.63, 3.8) is 0 Å². The van der Waals surface area contributed by atoms with Gasteiger partial charge >= 0.3 is 0 Å². The first-order valence-corrected chi connectivity index (χ1v) is 15.3. The van der Waals surface area contributed by atoms with Crippen LogP contribution in [0.15, 0.2) is 84.9 Å². The smallest absolute Gasteiger partial charge is 0.148 e. The maximum atomic E-state index is 11.9. The number of hydrogen-bond donors (Lipinski definition) is 0. The van der Waals surface area contributed by atoms with Gasteiger partial charge in [-0.1, -0.05) is 87.9 Å². The summed E-state index contributed by atoms with van der Waals surface area (Å²) in [5.74, 6) is 0.802. The van der Waals surface area contributed by atoms with Gasteiger partial charge in [-0.2, -0.15) is 14.0 Å². The lowest BCUT2D eigenvalue weighted by Crippen LogP contribution is -2.60. The van der Waals surface area contributed by atoms with Crippen molar-refractivity contribution in [1.82, 2.24) is 0 Å². The Morgan fingerprint density at radius 3 is 1.76 bits per heavy atom. The molecule has 0 aliphatic carbocycles. The van der Waals surface area contributed by atoms with Crippen molar-refractivity contribution < 1.29 is 32.7 Å². The molecule has 5 nitrogen and oxygen atoms in total. The molecular weight excluding hydrogens is 520 g/mol. The van der Waals surface area contributed by atoms with Crippen LogP contribution in [0, 0.1) is 10.2 Å². The van der Waals surface area contributed by atoms with Crippen LogP contribution in [0.1, 0.15) is 61.4 Å². The molecule has 1 atom stereocenters. The zero-order valence-electron chi connectivity index (χ0n) is 21.9. The third-order valence-corrected chi connectivity index (χ3v) is 8.99. The highest BCUT2D eigenvalue weighted by Crippen LogP contribution is 2.45. The summed E-state index contributed by atoms with van der Waals surface area (Å²) in [6.07, 6.45) is 7.67. The van der Waals surface area contributed by atoms with E-state index >= 15 is 0 Å². The second kappa shape index (κ2) is 12.9. The van der Waals surface area contributed by atoms with E-state index in [0.717, 1.165) is 64.8 Å². The van der Waals surface area contributed by atoms with Crippen molar-refractivity contribution in [1.29, 1.82) is 0 Å². The van der Waals surface area contributed by atoms with E-state index in [1.54, 1.807) is 0 Å². The lowest BCUT2D eigenvalue weighted by Gasteiger charge is -2.22. The molecule has 1 unspecified atom stereocenters. The van der Waals surface area contributed by atoms with Crippen LogP contribution in [-0.4, -0.2) is 11.5 Å². The zero-order chi connectivity index (χ0) is 27.1. The summed E-state index contributed by atoms with van der Waals surface area (Å²) >= 11 is 0. The number of benzene rings is 3. The minimum atomic E-state index is -4.66.